The summed E-state index contributed by atoms with van der Waals surface area (Å²) in [6, 6.07) is 3.70. The van der Waals surface area contributed by atoms with E-state index in [9.17, 15) is 13.2 Å². The second kappa shape index (κ2) is 5.96. The van der Waals surface area contributed by atoms with Crippen molar-refractivity contribution in [2.75, 3.05) is 20.2 Å². The van der Waals surface area contributed by atoms with E-state index in [1.807, 2.05) is 0 Å². The van der Waals surface area contributed by atoms with Gasteiger partial charge in [0.05, 0.1) is 7.11 Å². The van der Waals surface area contributed by atoms with Gasteiger partial charge in [0.1, 0.15) is 16.7 Å². The molecule has 6 nitrogen and oxygen atoms in total. The molecule has 23 heavy (non-hydrogen) atoms. The Morgan fingerprint density at radius 1 is 1.35 bits per heavy atom. The van der Waals surface area contributed by atoms with Crippen LogP contribution in [-0.4, -0.2) is 55.8 Å². The molecule has 8 heteroatoms. The van der Waals surface area contributed by atoms with E-state index in [0.29, 0.717) is 18.1 Å². The Morgan fingerprint density at radius 3 is 2.78 bits per heavy atom. The number of hydrogen-bond donors (Lipinski definition) is 0. The molecule has 1 amide bonds. The molecular weight excluding hydrogens is 340 g/mol. The highest BCUT2D eigenvalue weighted by Gasteiger charge is 2.45. The topological polar surface area (TPSA) is 66.9 Å². The zero-order chi connectivity index (χ0) is 16.8. The molecule has 0 radical (unpaired) electrons. The number of amides is 1. The van der Waals surface area contributed by atoms with Crippen molar-refractivity contribution in [3.05, 3.63) is 23.2 Å². The number of nitrogens with zero attached hydrogens (tertiary/aromatic N) is 2. The number of ether oxygens (including phenoxy) is 1. The summed E-state index contributed by atoms with van der Waals surface area (Å²) < 4.78 is 32.6. The molecule has 1 aromatic rings. The predicted octanol–water partition coefficient (Wildman–Crippen LogP) is 1.73. The van der Waals surface area contributed by atoms with Gasteiger partial charge in [0.2, 0.25) is 15.9 Å². The van der Waals surface area contributed by atoms with E-state index in [4.69, 9.17) is 16.3 Å². The van der Waals surface area contributed by atoms with Crippen molar-refractivity contribution in [2.45, 2.75) is 36.7 Å². The van der Waals surface area contributed by atoms with Crippen LogP contribution < -0.4 is 4.74 Å². The second-order valence-corrected chi connectivity index (χ2v) is 8.17. The summed E-state index contributed by atoms with van der Waals surface area (Å²) in [4.78, 5) is 14.3. The van der Waals surface area contributed by atoms with E-state index in [1.54, 1.807) is 17.9 Å². The molecule has 126 valence electrons. The molecular formula is C15H19ClN2O4S. The minimum atomic E-state index is -3.87. The molecule has 0 saturated carbocycles. The lowest BCUT2D eigenvalue weighted by Crippen LogP contribution is -2.59. The van der Waals surface area contributed by atoms with Crippen LogP contribution in [-0.2, 0) is 14.8 Å². The Labute approximate surface area is 141 Å². The smallest absolute Gasteiger partial charge is 0.247 e. The maximum Gasteiger partial charge on any atom is 0.247 e. The number of benzene rings is 1. The molecule has 2 aliphatic heterocycles. The Hall–Kier alpha value is -1.31. The van der Waals surface area contributed by atoms with Crippen LogP contribution in [0.4, 0.5) is 0 Å². The minimum Gasteiger partial charge on any atom is -0.495 e. The molecule has 3 rings (SSSR count). The van der Waals surface area contributed by atoms with E-state index in [0.717, 1.165) is 12.8 Å². The number of halogens is 1. The first-order valence-electron chi connectivity index (χ1n) is 7.52. The van der Waals surface area contributed by atoms with Crippen molar-refractivity contribution in [3.8, 4) is 5.75 Å². The van der Waals surface area contributed by atoms with Gasteiger partial charge in [-0.3, -0.25) is 4.79 Å². The maximum absolute atomic E-state index is 13.1. The van der Waals surface area contributed by atoms with Gasteiger partial charge < -0.3 is 9.64 Å². The summed E-state index contributed by atoms with van der Waals surface area (Å²) in [7, 11) is -2.46. The quantitative estimate of drug-likeness (QED) is 0.825. The van der Waals surface area contributed by atoms with Gasteiger partial charge in [-0.05, 0) is 38.0 Å². The minimum absolute atomic E-state index is 0.00130. The molecule has 1 aromatic carbocycles. The number of hydrogen-bond acceptors (Lipinski definition) is 4. The maximum atomic E-state index is 13.1. The SMILES string of the molecule is COc1ccc(Cl)cc1S(=O)(=O)N1C[C@@H]2CCCN2C(=O)[C@H]1C. The Bertz CT molecular complexity index is 737. The van der Waals surface area contributed by atoms with Crippen LogP contribution in [0.2, 0.25) is 5.02 Å². The monoisotopic (exact) mass is 358 g/mol. The zero-order valence-electron chi connectivity index (χ0n) is 13.0. The molecule has 0 aromatic heterocycles. The normalized spacial score (nSPS) is 25.5. The summed E-state index contributed by atoms with van der Waals surface area (Å²) in [5.41, 5.74) is 0. The van der Waals surface area contributed by atoms with Gasteiger partial charge in [0, 0.05) is 24.2 Å². The van der Waals surface area contributed by atoms with E-state index in [2.05, 4.69) is 0 Å². The first-order chi connectivity index (χ1) is 10.9. The van der Waals surface area contributed by atoms with Crippen molar-refractivity contribution in [1.82, 2.24) is 9.21 Å². The number of rotatable bonds is 3. The van der Waals surface area contributed by atoms with Crippen molar-refractivity contribution < 1.29 is 17.9 Å². The van der Waals surface area contributed by atoms with Gasteiger partial charge in [-0.1, -0.05) is 11.6 Å². The average molecular weight is 359 g/mol. The van der Waals surface area contributed by atoms with E-state index < -0.39 is 16.1 Å². The molecule has 0 unspecified atom stereocenters. The molecule has 2 atom stereocenters. The second-order valence-electron chi connectivity index (χ2n) is 5.87. The van der Waals surface area contributed by atoms with Crippen LogP contribution in [0.25, 0.3) is 0 Å². The third kappa shape index (κ3) is 2.70. The van der Waals surface area contributed by atoms with Crippen LogP contribution in [0.15, 0.2) is 23.1 Å². The predicted molar refractivity (Wildman–Crippen MR) is 86.1 cm³/mol. The van der Waals surface area contributed by atoms with Crippen molar-refractivity contribution in [2.24, 2.45) is 0 Å². The van der Waals surface area contributed by atoms with Gasteiger partial charge >= 0.3 is 0 Å². The third-order valence-electron chi connectivity index (χ3n) is 4.55. The van der Waals surface area contributed by atoms with E-state index in [-0.39, 0.29) is 22.6 Å². The van der Waals surface area contributed by atoms with Crippen molar-refractivity contribution in [3.63, 3.8) is 0 Å². The van der Waals surface area contributed by atoms with Crippen LogP contribution in [0.5, 0.6) is 5.75 Å². The molecule has 2 saturated heterocycles. The number of carbonyl (C=O) groups is 1. The number of piperazine rings is 1. The first-order valence-corrected chi connectivity index (χ1v) is 9.34. The number of fused-ring (bicyclic) bond motifs is 1. The van der Waals surface area contributed by atoms with Crippen LogP contribution in [0.1, 0.15) is 19.8 Å². The lowest BCUT2D eigenvalue weighted by atomic mass is 10.1. The van der Waals surface area contributed by atoms with Gasteiger partial charge in [0.15, 0.2) is 0 Å². The van der Waals surface area contributed by atoms with Crippen LogP contribution >= 0.6 is 11.6 Å². The van der Waals surface area contributed by atoms with Gasteiger partial charge in [-0.2, -0.15) is 4.31 Å². The zero-order valence-corrected chi connectivity index (χ0v) is 14.6. The molecule has 0 spiro atoms. The standard InChI is InChI=1S/C15H19ClN2O4S/c1-10-15(19)17-7-3-4-12(17)9-18(10)23(20,21)14-8-11(16)5-6-13(14)22-2/h5-6,8,10,12H,3-4,7,9H2,1-2H3/t10-,12+/m1/s1. The molecule has 0 aliphatic carbocycles. The highest BCUT2D eigenvalue weighted by Crippen LogP contribution is 2.34. The summed E-state index contributed by atoms with van der Waals surface area (Å²) >= 11 is 5.96. The molecule has 2 fully saturated rings. The molecule has 2 heterocycles. The largest absolute Gasteiger partial charge is 0.495 e. The van der Waals surface area contributed by atoms with E-state index in [1.165, 1.54) is 23.5 Å². The highest BCUT2D eigenvalue weighted by atomic mass is 35.5. The number of sulfonamides is 1. The average Bonchev–Trinajstić information content (AvgIpc) is 2.99. The highest BCUT2D eigenvalue weighted by molar-refractivity contribution is 7.89. The fourth-order valence-corrected chi connectivity index (χ4v) is 5.38. The number of methoxy groups -OCH3 is 1. The fraction of sp³-hybridized carbons (Fsp3) is 0.533. The van der Waals surface area contributed by atoms with Gasteiger partial charge in [-0.15, -0.1) is 0 Å². The van der Waals surface area contributed by atoms with Crippen molar-refractivity contribution >= 4 is 27.5 Å². The van der Waals surface area contributed by atoms with Crippen LogP contribution in [0.3, 0.4) is 0 Å². The van der Waals surface area contributed by atoms with E-state index >= 15 is 0 Å². The lowest BCUT2D eigenvalue weighted by molar-refractivity contribution is -0.139. The van der Waals surface area contributed by atoms with Gasteiger partial charge in [0.25, 0.3) is 0 Å². The molecule has 2 aliphatic rings. The number of carbonyl (C=O) groups excluding carboxylic acids is 1. The third-order valence-corrected chi connectivity index (χ3v) is 6.75. The molecule has 0 N–H and O–H groups in total. The summed E-state index contributed by atoms with van der Waals surface area (Å²) in [6.45, 7) is 2.65. The summed E-state index contributed by atoms with van der Waals surface area (Å²) in [5, 5.41) is 0.308. The summed E-state index contributed by atoms with van der Waals surface area (Å²) in [5.74, 6) is 0.0891. The van der Waals surface area contributed by atoms with Crippen molar-refractivity contribution in [1.29, 1.82) is 0 Å². The first kappa shape index (κ1) is 16.5. The lowest BCUT2D eigenvalue weighted by Gasteiger charge is -2.40. The van der Waals surface area contributed by atoms with Crippen LogP contribution in [0, 0.1) is 0 Å². The van der Waals surface area contributed by atoms with Gasteiger partial charge in [-0.25, -0.2) is 8.42 Å². The Balaban J connectivity index is 2.02. The Morgan fingerprint density at radius 2 is 2.09 bits per heavy atom. The fourth-order valence-electron chi connectivity index (χ4n) is 3.33. The molecule has 0 bridgehead atoms. The Kier molecular flexibility index (Phi) is 4.29. The summed E-state index contributed by atoms with van der Waals surface area (Å²) in [6.07, 6.45) is 1.74.